The number of aryl methyl sites for hydroxylation is 1. The van der Waals surface area contributed by atoms with Crippen molar-refractivity contribution in [2.75, 3.05) is 0 Å². The number of fused-ring (bicyclic) bond motifs is 1. The third-order valence-corrected chi connectivity index (χ3v) is 1.61. The van der Waals surface area contributed by atoms with Gasteiger partial charge >= 0.3 is 0 Å². The fourth-order valence-corrected chi connectivity index (χ4v) is 0.980. The van der Waals surface area contributed by atoms with Crippen molar-refractivity contribution in [2.45, 2.75) is 6.92 Å². The van der Waals surface area contributed by atoms with Gasteiger partial charge in [-0.15, -0.1) is 0 Å². The first-order valence-electron chi connectivity index (χ1n) is 3.27. The second kappa shape index (κ2) is 2.05. The van der Waals surface area contributed by atoms with Crippen molar-refractivity contribution in [1.29, 1.82) is 0 Å². The molecule has 0 fully saturated rings. The van der Waals surface area contributed by atoms with E-state index in [4.69, 9.17) is 4.42 Å². The highest BCUT2D eigenvalue weighted by Crippen LogP contribution is 2.16. The van der Waals surface area contributed by atoms with Gasteiger partial charge in [-0.05, 0) is 18.6 Å². The van der Waals surface area contributed by atoms with Crippen LogP contribution in [0.1, 0.15) is 5.56 Å². The third kappa shape index (κ3) is 0.888. The highest BCUT2D eigenvalue weighted by atomic mass is 19.1. The molecule has 2 rings (SSSR count). The molecule has 0 bridgehead atoms. The molecule has 56 valence electrons. The Hall–Kier alpha value is -1.38. The minimum absolute atomic E-state index is 0.244. The molecule has 0 saturated heterocycles. The molecule has 3 heteroatoms. The predicted molar refractivity (Wildman–Crippen MR) is 38.7 cm³/mol. The van der Waals surface area contributed by atoms with Gasteiger partial charge in [0.15, 0.2) is 12.0 Å². The number of nitrogens with zero attached hydrogens (tertiary/aromatic N) is 1. The van der Waals surface area contributed by atoms with Gasteiger partial charge in [0.05, 0.1) is 0 Å². The smallest absolute Gasteiger partial charge is 0.181 e. The number of hydrogen-bond donors (Lipinski definition) is 0. The lowest BCUT2D eigenvalue weighted by Gasteiger charge is -1.92. The van der Waals surface area contributed by atoms with Gasteiger partial charge in [0, 0.05) is 6.07 Å². The Balaban J connectivity index is 2.86. The summed E-state index contributed by atoms with van der Waals surface area (Å²) in [5.41, 5.74) is 1.77. The standard InChI is InChI=1S/C8H6FNO/c1-5-2-8-7(3-6(5)9)10-4-11-8/h2-4H,1H3. The summed E-state index contributed by atoms with van der Waals surface area (Å²) >= 11 is 0. The monoisotopic (exact) mass is 151 g/mol. The van der Waals surface area contributed by atoms with Gasteiger partial charge in [0.1, 0.15) is 11.3 Å². The van der Waals surface area contributed by atoms with E-state index >= 15 is 0 Å². The van der Waals surface area contributed by atoms with E-state index in [1.165, 1.54) is 12.5 Å². The van der Waals surface area contributed by atoms with Gasteiger partial charge in [0.25, 0.3) is 0 Å². The molecule has 2 aromatic rings. The van der Waals surface area contributed by atoms with Crippen molar-refractivity contribution in [3.05, 3.63) is 29.9 Å². The maximum absolute atomic E-state index is 12.8. The maximum atomic E-state index is 12.8. The minimum atomic E-state index is -0.244. The van der Waals surface area contributed by atoms with Crippen molar-refractivity contribution >= 4 is 11.1 Å². The largest absolute Gasteiger partial charge is 0.443 e. The van der Waals surface area contributed by atoms with Crippen LogP contribution < -0.4 is 0 Å². The molecule has 0 aliphatic rings. The molecule has 1 aromatic carbocycles. The van der Waals surface area contributed by atoms with Crippen LogP contribution >= 0.6 is 0 Å². The minimum Gasteiger partial charge on any atom is -0.443 e. The normalized spacial score (nSPS) is 10.7. The molecule has 0 radical (unpaired) electrons. The zero-order chi connectivity index (χ0) is 7.84. The van der Waals surface area contributed by atoms with E-state index in [2.05, 4.69) is 4.98 Å². The Morgan fingerprint density at radius 2 is 2.27 bits per heavy atom. The fourth-order valence-electron chi connectivity index (χ4n) is 0.980. The van der Waals surface area contributed by atoms with E-state index in [0.29, 0.717) is 16.7 Å². The van der Waals surface area contributed by atoms with E-state index in [9.17, 15) is 4.39 Å². The van der Waals surface area contributed by atoms with E-state index in [1.54, 1.807) is 13.0 Å². The Morgan fingerprint density at radius 3 is 3.09 bits per heavy atom. The van der Waals surface area contributed by atoms with Crippen LogP contribution in [0.4, 0.5) is 4.39 Å². The zero-order valence-electron chi connectivity index (χ0n) is 5.97. The summed E-state index contributed by atoms with van der Waals surface area (Å²) in [6.07, 6.45) is 1.31. The first kappa shape index (κ1) is 6.34. The number of aromatic nitrogens is 1. The number of oxazole rings is 1. The van der Waals surface area contributed by atoms with Crippen LogP contribution in [0.5, 0.6) is 0 Å². The summed E-state index contributed by atoms with van der Waals surface area (Å²) in [4.78, 5) is 3.81. The van der Waals surface area contributed by atoms with Crippen molar-refractivity contribution < 1.29 is 8.81 Å². The SMILES string of the molecule is Cc1cc2ocnc2cc1F. The Labute approximate surface area is 62.7 Å². The molecular formula is C8H6FNO. The average Bonchev–Trinajstić information content (AvgIpc) is 2.36. The highest BCUT2D eigenvalue weighted by molar-refractivity contribution is 5.72. The summed E-state index contributed by atoms with van der Waals surface area (Å²) < 4.78 is 17.8. The summed E-state index contributed by atoms with van der Waals surface area (Å²) in [7, 11) is 0. The summed E-state index contributed by atoms with van der Waals surface area (Å²) in [5.74, 6) is -0.244. The molecule has 0 atom stereocenters. The molecule has 0 unspecified atom stereocenters. The predicted octanol–water partition coefficient (Wildman–Crippen LogP) is 2.28. The molecular weight excluding hydrogens is 145 g/mol. The molecule has 0 spiro atoms. The topological polar surface area (TPSA) is 26.0 Å². The van der Waals surface area contributed by atoms with Crippen LogP contribution in [0.2, 0.25) is 0 Å². The third-order valence-electron chi connectivity index (χ3n) is 1.61. The summed E-state index contributed by atoms with van der Waals surface area (Å²) in [6, 6.07) is 3.01. The molecule has 0 aliphatic heterocycles. The number of halogens is 1. The quantitative estimate of drug-likeness (QED) is 0.577. The zero-order valence-corrected chi connectivity index (χ0v) is 5.97. The molecule has 11 heavy (non-hydrogen) atoms. The van der Waals surface area contributed by atoms with Gasteiger partial charge in [-0.1, -0.05) is 0 Å². The second-order valence-electron chi connectivity index (χ2n) is 2.42. The molecule has 0 aliphatic carbocycles. The van der Waals surface area contributed by atoms with Crippen LogP contribution in [-0.2, 0) is 0 Å². The first-order valence-corrected chi connectivity index (χ1v) is 3.27. The Bertz CT molecular complexity index is 358. The highest BCUT2D eigenvalue weighted by Gasteiger charge is 2.02. The van der Waals surface area contributed by atoms with Crippen LogP contribution in [0.15, 0.2) is 22.9 Å². The lowest BCUT2D eigenvalue weighted by atomic mass is 10.2. The molecule has 0 amide bonds. The van der Waals surface area contributed by atoms with E-state index in [1.807, 2.05) is 0 Å². The fraction of sp³-hybridized carbons (Fsp3) is 0.125. The number of hydrogen-bond acceptors (Lipinski definition) is 2. The molecule has 0 saturated carbocycles. The van der Waals surface area contributed by atoms with Crippen LogP contribution in [0, 0.1) is 12.7 Å². The van der Waals surface area contributed by atoms with Gasteiger partial charge in [-0.25, -0.2) is 9.37 Å². The first-order chi connectivity index (χ1) is 5.27. The van der Waals surface area contributed by atoms with E-state index < -0.39 is 0 Å². The molecule has 1 heterocycles. The maximum Gasteiger partial charge on any atom is 0.181 e. The molecule has 0 N–H and O–H groups in total. The molecule has 1 aromatic heterocycles. The van der Waals surface area contributed by atoms with E-state index in [0.717, 1.165) is 0 Å². The lowest BCUT2D eigenvalue weighted by molar-refractivity contribution is 0.597. The van der Waals surface area contributed by atoms with Gasteiger partial charge in [-0.3, -0.25) is 0 Å². The van der Waals surface area contributed by atoms with Crippen LogP contribution in [-0.4, -0.2) is 4.98 Å². The number of benzene rings is 1. The summed E-state index contributed by atoms with van der Waals surface area (Å²) in [6.45, 7) is 1.69. The van der Waals surface area contributed by atoms with Crippen molar-refractivity contribution in [3.63, 3.8) is 0 Å². The summed E-state index contributed by atoms with van der Waals surface area (Å²) in [5, 5.41) is 0. The van der Waals surface area contributed by atoms with Crippen molar-refractivity contribution in [2.24, 2.45) is 0 Å². The average molecular weight is 151 g/mol. The van der Waals surface area contributed by atoms with E-state index in [-0.39, 0.29) is 5.82 Å². The van der Waals surface area contributed by atoms with Crippen molar-refractivity contribution in [3.8, 4) is 0 Å². The number of rotatable bonds is 0. The van der Waals surface area contributed by atoms with Gasteiger partial charge in [-0.2, -0.15) is 0 Å². The Morgan fingerprint density at radius 1 is 1.45 bits per heavy atom. The van der Waals surface area contributed by atoms with Gasteiger partial charge in [0.2, 0.25) is 0 Å². The lowest BCUT2D eigenvalue weighted by Crippen LogP contribution is -1.80. The Kier molecular flexibility index (Phi) is 1.18. The molecule has 2 nitrogen and oxygen atoms in total. The van der Waals surface area contributed by atoms with Crippen molar-refractivity contribution in [1.82, 2.24) is 4.98 Å². The van der Waals surface area contributed by atoms with Crippen LogP contribution in [0.25, 0.3) is 11.1 Å². The van der Waals surface area contributed by atoms with Crippen LogP contribution in [0.3, 0.4) is 0 Å². The second-order valence-corrected chi connectivity index (χ2v) is 2.42. The van der Waals surface area contributed by atoms with Gasteiger partial charge < -0.3 is 4.42 Å².